The summed E-state index contributed by atoms with van der Waals surface area (Å²) in [7, 11) is 0. The van der Waals surface area contributed by atoms with Gasteiger partial charge in [0.05, 0.1) is 12.2 Å². The Morgan fingerprint density at radius 3 is 2.16 bits per heavy atom. The lowest BCUT2D eigenvalue weighted by molar-refractivity contribution is 0.179. The molecule has 0 saturated carbocycles. The highest BCUT2D eigenvalue weighted by Crippen LogP contribution is 2.16. The fourth-order valence-electron chi connectivity index (χ4n) is 1.54. The largest absolute Gasteiger partial charge is 0.461 e. The van der Waals surface area contributed by atoms with Gasteiger partial charge in [-0.1, -0.05) is 13.3 Å². The molecule has 108 valence electrons. The van der Waals surface area contributed by atoms with Gasteiger partial charge in [-0.3, -0.25) is 0 Å². The fraction of sp³-hybridized carbons (Fsp3) is 0.769. The molecule has 1 rings (SSSR count). The summed E-state index contributed by atoms with van der Waals surface area (Å²) in [6.45, 7) is 10.7. The van der Waals surface area contributed by atoms with Crippen LogP contribution in [0.4, 0.5) is 5.95 Å². The number of anilines is 1. The molecule has 19 heavy (non-hydrogen) atoms. The molecule has 6 heteroatoms. The van der Waals surface area contributed by atoms with E-state index in [0.717, 1.165) is 19.4 Å². The molecule has 0 aliphatic carbocycles. The lowest BCUT2D eigenvalue weighted by atomic mass is 10.2. The highest BCUT2D eigenvalue weighted by Gasteiger charge is 2.12. The van der Waals surface area contributed by atoms with Crippen LogP contribution in [0.3, 0.4) is 0 Å². The molecule has 0 aliphatic heterocycles. The molecule has 0 amide bonds. The monoisotopic (exact) mass is 268 g/mol. The van der Waals surface area contributed by atoms with Crippen LogP contribution >= 0.6 is 0 Å². The molecule has 0 fully saturated rings. The molecule has 1 aromatic rings. The molecular weight excluding hydrogens is 244 g/mol. The molecule has 0 bridgehead atoms. The van der Waals surface area contributed by atoms with Gasteiger partial charge < -0.3 is 14.8 Å². The van der Waals surface area contributed by atoms with Crippen molar-refractivity contribution in [2.24, 2.45) is 0 Å². The number of nitrogens with zero attached hydrogens (tertiary/aromatic N) is 3. The Labute approximate surface area is 115 Å². The van der Waals surface area contributed by atoms with Crippen molar-refractivity contribution in [2.45, 2.75) is 59.7 Å². The normalized spacial score (nSPS) is 12.3. The predicted molar refractivity (Wildman–Crippen MR) is 74.8 cm³/mol. The van der Waals surface area contributed by atoms with Crippen molar-refractivity contribution in [3.8, 4) is 12.0 Å². The van der Waals surface area contributed by atoms with E-state index in [1.807, 2.05) is 27.7 Å². The Hall–Kier alpha value is -1.59. The van der Waals surface area contributed by atoms with Crippen LogP contribution < -0.4 is 14.8 Å². The lowest BCUT2D eigenvalue weighted by Crippen LogP contribution is -2.16. The van der Waals surface area contributed by atoms with E-state index >= 15 is 0 Å². The zero-order valence-corrected chi connectivity index (χ0v) is 12.4. The van der Waals surface area contributed by atoms with Gasteiger partial charge in [0.15, 0.2) is 0 Å². The van der Waals surface area contributed by atoms with Gasteiger partial charge in [0.1, 0.15) is 0 Å². The summed E-state index contributed by atoms with van der Waals surface area (Å²) in [6, 6.07) is 0.599. The molecule has 0 spiro atoms. The van der Waals surface area contributed by atoms with Crippen LogP contribution in [0.15, 0.2) is 0 Å². The maximum Gasteiger partial charge on any atom is 0.324 e. The molecule has 0 radical (unpaired) electrons. The van der Waals surface area contributed by atoms with Crippen LogP contribution in [-0.4, -0.2) is 33.7 Å². The van der Waals surface area contributed by atoms with Crippen molar-refractivity contribution in [2.75, 3.05) is 11.9 Å². The zero-order chi connectivity index (χ0) is 14.3. The molecule has 0 saturated heterocycles. The predicted octanol–water partition coefficient (Wildman–Crippen LogP) is 2.66. The average Bonchev–Trinajstić information content (AvgIpc) is 2.28. The van der Waals surface area contributed by atoms with Gasteiger partial charge in [0, 0.05) is 6.54 Å². The van der Waals surface area contributed by atoms with E-state index in [9.17, 15) is 0 Å². The van der Waals surface area contributed by atoms with E-state index in [4.69, 9.17) is 9.47 Å². The van der Waals surface area contributed by atoms with Crippen LogP contribution in [-0.2, 0) is 0 Å². The minimum absolute atomic E-state index is 0.0118. The van der Waals surface area contributed by atoms with Crippen LogP contribution in [0, 0.1) is 0 Å². The Kier molecular flexibility index (Phi) is 6.32. The standard InChI is InChI=1S/C13H24N4O2/c1-6-8-10(5)19-13-16-11(14-7-2)15-12(17-13)18-9(3)4/h9-10H,6-8H2,1-5H3,(H,14,15,16,17). The Balaban J connectivity index is 2.85. The van der Waals surface area contributed by atoms with Gasteiger partial charge in [-0.25, -0.2) is 0 Å². The van der Waals surface area contributed by atoms with Gasteiger partial charge in [0.2, 0.25) is 5.95 Å². The van der Waals surface area contributed by atoms with Crippen molar-refractivity contribution in [1.29, 1.82) is 0 Å². The first-order valence-electron chi connectivity index (χ1n) is 6.88. The number of nitrogens with one attached hydrogen (secondary N) is 1. The summed E-state index contributed by atoms with van der Waals surface area (Å²) in [5.74, 6) is 0.479. The fourth-order valence-corrected chi connectivity index (χ4v) is 1.54. The van der Waals surface area contributed by atoms with Crippen molar-refractivity contribution >= 4 is 5.95 Å². The summed E-state index contributed by atoms with van der Waals surface area (Å²) in [6.07, 6.45) is 2.11. The van der Waals surface area contributed by atoms with Crippen LogP contribution in [0.5, 0.6) is 12.0 Å². The third kappa shape index (κ3) is 5.72. The number of aromatic nitrogens is 3. The summed E-state index contributed by atoms with van der Waals surface area (Å²) in [4.78, 5) is 12.6. The van der Waals surface area contributed by atoms with E-state index in [-0.39, 0.29) is 12.2 Å². The lowest BCUT2D eigenvalue weighted by Gasteiger charge is -2.14. The van der Waals surface area contributed by atoms with Crippen molar-refractivity contribution in [3.63, 3.8) is 0 Å². The van der Waals surface area contributed by atoms with Gasteiger partial charge in [0.25, 0.3) is 0 Å². The molecule has 1 N–H and O–H groups in total. The quantitative estimate of drug-likeness (QED) is 0.781. The Morgan fingerprint density at radius 1 is 1.00 bits per heavy atom. The van der Waals surface area contributed by atoms with E-state index in [2.05, 4.69) is 27.2 Å². The first-order valence-corrected chi connectivity index (χ1v) is 6.88. The van der Waals surface area contributed by atoms with E-state index in [1.54, 1.807) is 0 Å². The topological polar surface area (TPSA) is 69.2 Å². The molecule has 1 aromatic heterocycles. The molecule has 6 nitrogen and oxygen atoms in total. The second-order valence-corrected chi connectivity index (χ2v) is 4.64. The van der Waals surface area contributed by atoms with Gasteiger partial charge >= 0.3 is 12.0 Å². The third-order valence-electron chi connectivity index (χ3n) is 2.27. The van der Waals surface area contributed by atoms with Gasteiger partial charge in [-0.15, -0.1) is 4.98 Å². The molecule has 1 unspecified atom stereocenters. The highest BCUT2D eigenvalue weighted by molar-refractivity contribution is 5.27. The summed E-state index contributed by atoms with van der Waals surface area (Å²) < 4.78 is 11.2. The maximum absolute atomic E-state index is 5.68. The average molecular weight is 268 g/mol. The summed E-state index contributed by atoms with van der Waals surface area (Å²) >= 11 is 0. The van der Waals surface area contributed by atoms with Gasteiger partial charge in [-0.2, -0.15) is 9.97 Å². The molecule has 0 aromatic carbocycles. The van der Waals surface area contributed by atoms with Gasteiger partial charge in [-0.05, 0) is 34.1 Å². The second-order valence-electron chi connectivity index (χ2n) is 4.64. The number of ether oxygens (including phenoxy) is 2. The van der Waals surface area contributed by atoms with E-state index in [0.29, 0.717) is 18.0 Å². The minimum Gasteiger partial charge on any atom is -0.461 e. The Morgan fingerprint density at radius 2 is 1.63 bits per heavy atom. The highest BCUT2D eigenvalue weighted by atomic mass is 16.5. The smallest absolute Gasteiger partial charge is 0.324 e. The number of hydrogen-bond acceptors (Lipinski definition) is 6. The minimum atomic E-state index is 0.0118. The summed E-state index contributed by atoms with van der Waals surface area (Å²) in [5, 5.41) is 3.04. The molecule has 1 heterocycles. The van der Waals surface area contributed by atoms with Crippen molar-refractivity contribution < 1.29 is 9.47 Å². The van der Waals surface area contributed by atoms with Crippen LogP contribution in [0.2, 0.25) is 0 Å². The Bertz CT molecular complexity index is 385. The van der Waals surface area contributed by atoms with Crippen molar-refractivity contribution in [3.05, 3.63) is 0 Å². The second kappa shape index (κ2) is 7.76. The SMILES string of the molecule is CCCC(C)Oc1nc(NCC)nc(OC(C)C)n1. The van der Waals surface area contributed by atoms with Crippen molar-refractivity contribution in [1.82, 2.24) is 15.0 Å². The molecular formula is C13H24N4O2. The first kappa shape index (κ1) is 15.5. The molecule has 0 aliphatic rings. The van der Waals surface area contributed by atoms with E-state index in [1.165, 1.54) is 0 Å². The summed E-state index contributed by atoms with van der Waals surface area (Å²) in [5.41, 5.74) is 0. The van der Waals surface area contributed by atoms with Crippen LogP contribution in [0.25, 0.3) is 0 Å². The third-order valence-corrected chi connectivity index (χ3v) is 2.27. The van der Waals surface area contributed by atoms with Crippen LogP contribution in [0.1, 0.15) is 47.5 Å². The zero-order valence-electron chi connectivity index (χ0n) is 12.4. The van der Waals surface area contributed by atoms with E-state index < -0.39 is 0 Å². The number of hydrogen-bond donors (Lipinski definition) is 1. The first-order chi connectivity index (χ1) is 9.05. The maximum atomic E-state index is 5.68. The number of rotatable bonds is 8. The molecule has 1 atom stereocenters.